The van der Waals surface area contributed by atoms with Crippen LogP contribution in [0.3, 0.4) is 0 Å². The predicted molar refractivity (Wildman–Crippen MR) is 77.3 cm³/mol. The van der Waals surface area contributed by atoms with Gasteiger partial charge in [-0.05, 0) is 23.3 Å². The van der Waals surface area contributed by atoms with Crippen molar-refractivity contribution in [1.82, 2.24) is 0 Å². The van der Waals surface area contributed by atoms with Crippen LogP contribution in [0.4, 0.5) is 5.69 Å². The van der Waals surface area contributed by atoms with Crippen molar-refractivity contribution in [2.45, 2.75) is 12.5 Å². The quantitative estimate of drug-likeness (QED) is 0.632. The average molecular weight is 272 g/mol. The third kappa shape index (κ3) is 2.89. The molecule has 6 N–H and O–H groups in total. The van der Waals surface area contributed by atoms with Crippen LogP contribution in [0.2, 0.25) is 0 Å². The standard InChI is InChI=1S/C15H16N2O3/c16-13(15(19)20)8-10-2-1-3-12(14(10)17)9-4-6-11(18)7-5-9/h1-7,13,18H,8,16-17H2,(H,19,20). The van der Waals surface area contributed by atoms with Gasteiger partial charge in [-0.1, -0.05) is 30.3 Å². The van der Waals surface area contributed by atoms with Gasteiger partial charge in [-0.25, -0.2) is 0 Å². The first-order valence-corrected chi connectivity index (χ1v) is 6.14. The van der Waals surface area contributed by atoms with Crippen LogP contribution in [0.15, 0.2) is 42.5 Å². The van der Waals surface area contributed by atoms with Crippen molar-refractivity contribution in [3.05, 3.63) is 48.0 Å². The Labute approximate surface area is 116 Å². The zero-order valence-corrected chi connectivity index (χ0v) is 10.8. The van der Waals surface area contributed by atoms with E-state index in [1.807, 2.05) is 12.1 Å². The number of aromatic hydroxyl groups is 1. The van der Waals surface area contributed by atoms with Gasteiger partial charge in [-0.2, -0.15) is 0 Å². The van der Waals surface area contributed by atoms with E-state index in [1.54, 1.807) is 30.3 Å². The number of carboxylic acid groups (broad SMARTS) is 1. The number of para-hydroxylation sites is 1. The number of benzene rings is 2. The van der Waals surface area contributed by atoms with Gasteiger partial charge in [0.15, 0.2) is 0 Å². The normalized spacial score (nSPS) is 12.1. The summed E-state index contributed by atoms with van der Waals surface area (Å²) in [5, 5.41) is 18.2. The second-order valence-corrected chi connectivity index (χ2v) is 4.57. The first-order chi connectivity index (χ1) is 9.49. The maximum Gasteiger partial charge on any atom is 0.320 e. The van der Waals surface area contributed by atoms with Crippen LogP contribution in [0.5, 0.6) is 5.75 Å². The third-order valence-electron chi connectivity index (χ3n) is 3.13. The highest BCUT2D eigenvalue weighted by Gasteiger charge is 2.15. The maximum absolute atomic E-state index is 10.8. The van der Waals surface area contributed by atoms with Crippen molar-refractivity contribution in [3.8, 4) is 16.9 Å². The Morgan fingerprint density at radius 3 is 2.40 bits per heavy atom. The molecule has 5 heteroatoms. The lowest BCUT2D eigenvalue weighted by Gasteiger charge is -2.13. The molecule has 0 aliphatic heterocycles. The number of carboxylic acids is 1. The van der Waals surface area contributed by atoms with Crippen LogP contribution in [0.25, 0.3) is 11.1 Å². The molecular weight excluding hydrogens is 256 g/mol. The second kappa shape index (κ2) is 5.63. The van der Waals surface area contributed by atoms with Gasteiger partial charge in [0.25, 0.3) is 0 Å². The third-order valence-corrected chi connectivity index (χ3v) is 3.13. The lowest BCUT2D eigenvalue weighted by atomic mass is 9.97. The number of rotatable bonds is 4. The summed E-state index contributed by atoms with van der Waals surface area (Å²) in [6.45, 7) is 0. The van der Waals surface area contributed by atoms with Gasteiger partial charge in [0.2, 0.25) is 0 Å². The molecule has 104 valence electrons. The fourth-order valence-corrected chi connectivity index (χ4v) is 2.01. The van der Waals surface area contributed by atoms with Gasteiger partial charge in [-0.3, -0.25) is 4.79 Å². The fourth-order valence-electron chi connectivity index (χ4n) is 2.01. The SMILES string of the molecule is Nc1c(CC(N)C(=O)O)cccc1-c1ccc(O)cc1. The molecule has 0 bridgehead atoms. The molecule has 2 aromatic rings. The smallest absolute Gasteiger partial charge is 0.320 e. The summed E-state index contributed by atoms with van der Waals surface area (Å²) in [6.07, 6.45) is 0.174. The van der Waals surface area contributed by atoms with E-state index in [2.05, 4.69) is 0 Å². The Hall–Kier alpha value is -2.53. The summed E-state index contributed by atoms with van der Waals surface area (Å²) >= 11 is 0. The van der Waals surface area contributed by atoms with Crippen LogP contribution in [-0.4, -0.2) is 22.2 Å². The number of nitrogen functional groups attached to an aromatic ring is 1. The Kier molecular flexibility index (Phi) is 3.91. The van der Waals surface area contributed by atoms with Gasteiger partial charge < -0.3 is 21.7 Å². The van der Waals surface area contributed by atoms with Crippen LogP contribution in [-0.2, 0) is 11.2 Å². The fraction of sp³-hybridized carbons (Fsp3) is 0.133. The second-order valence-electron chi connectivity index (χ2n) is 4.57. The number of hydrogen-bond acceptors (Lipinski definition) is 4. The number of phenolic OH excluding ortho intramolecular Hbond substituents is 1. The van der Waals surface area contributed by atoms with E-state index in [0.717, 1.165) is 11.1 Å². The van der Waals surface area contributed by atoms with Crippen molar-refractivity contribution < 1.29 is 15.0 Å². The van der Waals surface area contributed by atoms with Crippen molar-refractivity contribution in [2.75, 3.05) is 5.73 Å². The molecule has 0 radical (unpaired) electrons. The highest BCUT2D eigenvalue weighted by Crippen LogP contribution is 2.30. The first-order valence-electron chi connectivity index (χ1n) is 6.14. The van der Waals surface area contributed by atoms with Gasteiger partial charge in [0.1, 0.15) is 11.8 Å². The molecular formula is C15H16N2O3. The largest absolute Gasteiger partial charge is 0.508 e. The van der Waals surface area contributed by atoms with Gasteiger partial charge in [-0.15, -0.1) is 0 Å². The summed E-state index contributed by atoms with van der Waals surface area (Å²) in [5.74, 6) is -0.879. The molecule has 0 heterocycles. The topological polar surface area (TPSA) is 110 Å². The molecule has 0 aliphatic rings. The summed E-state index contributed by atoms with van der Waals surface area (Å²) in [7, 11) is 0. The molecule has 0 saturated carbocycles. The summed E-state index contributed by atoms with van der Waals surface area (Å²) in [4.78, 5) is 10.8. The minimum atomic E-state index is -1.06. The summed E-state index contributed by atoms with van der Waals surface area (Å²) in [5.41, 5.74) is 14.5. The lowest BCUT2D eigenvalue weighted by Crippen LogP contribution is -2.32. The summed E-state index contributed by atoms with van der Waals surface area (Å²) < 4.78 is 0. The summed E-state index contributed by atoms with van der Waals surface area (Å²) in [6, 6.07) is 11.1. The molecule has 0 fully saturated rings. The van der Waals surface area contributed by atoms with Crippen LogP contribution < -0.4 is 11.5 Å². The minimum absolute atomic E-state index is 0.174. The molecule has 2 rings (SSSR count). The number of hydrogen-bond donors (Lipinski definition) is 4. The van der Waals surface area contributed by atoms with Crippen LogP contribution >= 0.6 is 0 Å². The van der Waals surface area contributed by atoms with Crippen molar-refractivity contribution in [1.29, 1.82) is 0 Å². The Morgan fingerprint density at radius 2 is 1.80 bits per heavy atom. The van der Waals surface area contributed by atoms with E-state index in [0.29, 0.717) is 11.3 Å². The van der Waals surface area contributed by atoms with Gasteiger partial charge in [0, 0.05) is 17.7 Å². The average Bonchev–Trinajstić information content (AvgIpc) is 2.42. The number of anilines is 1. The van der Waals surface area contributed by atoms with Crippen LogP contribution in [0.1, 0.15) is 5.56 Å². The van der Waals surface area contributed by atoms with Crippen molar-refractivity contribution in [3.63, 3.8) is 0 Å². The Bertz CT molecular complexity index is 624. The van der Waals surface area contributed by atoms with Gasteiger partial charge >= 0.3 is 5.97 Å². The molecule has 0 amide bonds. The Balaban J connectivity index is 2.36. The van der Waals surface area contributed by atoms with Crippen molar-refractivity contribution in [2.24, 2.45) is 5.73 Å². The minimum Gasteiger partial charge on any atom is -0.508 e. The number of phenols is 1. The van der Waals surface area contributed by atoms with E-state index in [-0.39, 0.29) is 12.2 Å². The van der Waals surface area contributed by atoms with Gasteiger partial charge in [0.05, 0.1) is 0 Å². The highest BCUT2D eigenvalue weighted by atomic mass is 16.4. The molecule has 1 atom stereocenters. The van der Waals surface area contributed by atoms with E-state index in [9.17, 15) is 9.90 Å². The number of carbonyl (C=O) groups is 1. The number of nitrogens with two attached hydrogens (primary N) is 2. The molecule has 5 nitrogen and oxygen atoms in total. The molecule has 0 spiro atoms. The van der Waals surface area contributed by atoms with E-state index < -0.39 is 12.0 Å². The molecule has 20 heavy (non-hydrogen) atoms. The first kappa shape index (κ1) is 13.9. The van der Waals surface area contributed by atoms with Crippen LogP contribution in [0, 0.1) is 0 Å². The Morgan fingerprint density at radius 1 is 1.15 bits per heavy atom. The van der Waals surface area contributed by atoms with E-state index in [4.69, 9.17) is 16.6 Å². The monoisotopic (exact) mass is 272 g/mol. The van der Waals surface area contributed by atoms with E-state index >= 15 is 0 Å². The lowest BCUT2D eigenvalue weighted by molar-refractivity contribution is -0.138. The molecule has 0 aromatic heterocycles. The molecule has 0 saturated heterocycles. The number of aliphatic carboxylic acids is 1. The predicted octanol–water partition coefficient (Wildman–Crippen LogP) is 1.60. The molecule has 0 aliphatic carbocycles. The zero-order valence-electron chi connectivity index (χ0n) is 10.8. The highest BCUT2D eigenvalue weighted by molar-refractivity contribution is 5.80. The molecule has 1 unspecified atom stereocenters. The van der Waals surface area contributed by atoms with E-state index in [1.165, 1.54) is 0 Å². The molecule has 2 aromatic carbocycles. The maximum atomic E-state index is 10.8. The van der Waals surface area contributed by atoms with Crippen molar-refractivity contribution >= 4 is 11.7 Å². The zero-order chi connectivity index (χ0) is 14.7.